The summed E-state index contributed by atoms with van der Waals surface area (Å²) in [5, 5.41) is 0.570. The molecule has 1 aliphatic rings. The number of piperazine rings is 1. The number of anilines is 1. The van der Waals surface area contributed by atoms with Crippen LogP contribution in [-0.4, -0.2) is 42.0 Å². The molecule has 5 nitrogen and oxygen atoms in total. The molecule has 1 aliphatic heterocycles. The van der Waals surface area contributed by atoms with E-state index < -0.39 is 23.0 Å². The first-order valence-corrected chi connectivity index (χ1v) is 10.1. The van der Waals surface area contributed by atoms with Gasteiger partial charge in [-0.3, -0.25) is 9.59 Å². The molecule has 162 valence electrons. The molecule has 31 heavy (non-hydrogen) atoms. The molecule has 8 heteroatoms. The third kappa shape index (κ3) is 4.28. The van der Waals surface area contributed by atoms with Crippen molar-refractivity contribution in [3.63, 3.8) is 0 Å². The number of hydrogen-bond donors (Lipinski definition) is 1. The summed E-state index contributed by atoms with van der Waals surface area (Å²) in [7, 11) is 0. The van der Waals surface area contributed by atoms with Crippen molar-refractivity contribution < 1.29 is 18.0 Å². The van der Waals surface area contributed by atoms with E-state index in [1.165, 1.54) is 18.2 Å². The van der Waals surface area contributed by atoms with Crippen molar-refractivity contribution in [1.29, 1.82) is 0 Å². The Kier molecular flexibility index (Phi) is 5.71. The largest absolute Gasteiger partial charge is 0.366 e. The lowest BCUT2D eigenvalue weighted by Gasteiger charge is -2.36. The zero-order valence-electron chi connectivity index (χ0n) is 17.1. The van der Waals surface area contributed by atoms with Gasteiger partial charge in [0.2, 0.25) is 5.91 Å². The summed E-state index contributed by atoms with van der Waals surface area (Å²) in [6.07, 6.45) is 0.521. The number of pyridine rings is 1. The van der Waals surface area contributed by atoms with Crippen LogP contribution in [0.1, 0.15) is 17.7 Å². The first kappa shape index (κ1) is 21.0. The van der Waals surface area contributed by atoms with Crippen LogP contribution in [0.25, 0.3) is 10.8 Å². The monoisotopic (exact) mass is 429 g/mol. The van der Waals surface area contributed by atoms with Gasteiger partial charge in [0, 0.05) is 44.4 Å². The van der Waals surface area contributed by atoms with Crippen molar-refractivity contribution in [2.75, 3.05) is 31.1 Å². The molecule has 1 fully saturated rings. The average molecular weight is 429 g/mol. The van der Waals surface area contributed by atoms with Gasteiger partial charge in [0.15, 0.2) is 0 Å². The Labute approximate surface area is 177 Å². The number of benzene rings is 2. The van der Waals surface area contributed by atoms with Crippen LogP contribution in [0.15, 0.2) is 41.2 Å². The number of aromatic amines is 1. The number of carbonyl (C=O) groups excluding carboxylic acids is 1. The molecule has 3 aromatic rings. The molecule has 1 saturated heterocycles. The predicted molar refractivity (Wildman–Crippen MR) is 113 cm³/mol. The van der Waals surface area contributed by atoms with Gasteiger partial charge < -0.3 is 14.8 Å². The maximum absolute atomic E-state index is 14.0. The molecule has 4 rings (SSSR count). The van der Waals surface area contributed by atoms with Crippen LogP contribution in [-0.2, 0) is 11.2 Å². The standard InChI is InChI=1S/C23H22F3N3O2/c1-14-2-5-18(25)22-17(14)13-16(27-23(22)31)4-7-21(30)29-10-8-28(9-11-29)20-6-3-15(24)12-19(20)26/h2-3,5-6,12-13H,4,7-11H2,1H3,(H,27,31). The highest BCUT2D eigenvalue weighted by molar-refractivity contribution is 5.85. The van der Waals surface area contributed by atoms with E-state index in [1.54, 1.807) is 28.9 Å². The van der Waals surface area contributed by atoms with E-state index in [1.807, 2.05) is 0 Å². The van der Waals surface area contributed by atoms with Gasteiger partial charge in [0.25, 0.3) is 5.56 Å². The number of rotatable bonds is 4. The van der Waals surface area contributed by atoms with Crippen LogP contribution in [0, 0.1) is 24.4 Å². The number of aryl methyl sites for hydroxylation is 2. The van der Waals surface area contributed by atoms with Crippen molar-refractivity contribution in [2.24, 2.45) is 0 Å². The van der Waals surface area contributed by atoms with Crippen molar-refractivity contribution >= 4 is 22.4 Å². The normalized spacial score (nSPS) is 14.3. The molecule has 0 radical (unpaired) electrons. The minimum absolute atomic E-state index is 0.0271. The van der Waals surface area contributed by atoms with Crippen LogP contribution < -0.4 is 10.5 Å². The summed E-state index contributed by atoms with van der Waals surface area (Å²) in [6, 6.07) is 8.09. The third-order valence-electron chi connectivity index (χ3n) is 5.72. The number of fused-ring (bicyclic) bond motifs is 1. The molecule has 0 saturated carbocycles. The summed E-state index contributed by atoms with van der Waals surface area (Å²) in [4.78, 5) is 31.1. The van der Waals surface area contributed by atoms with Gasteiger partial charge in [-0.05, 0) is 48.6 Å². The number of aromatic nitrogens is 1. The van der Waals surface area contributed by atoms with Gasteiger partial charge in [-0.25, -0.2) is 13.2 Å². The van der Waals surface area contributed by atoms with E-state index in [9.17, 15) is 22.8 Å². The van der Waals surface area contributed by atoms with Crippen molar-refractivity contribution in [2.45, 2.75) is 19.8 Å². The van der Waals surface area contributed by atoms with E-state index >= 15 is 0 Å². The molecular weight excluding hydrogens is 407 g/mol. The van der Waals surface area contributed by atoms with Gasteiger partial charge in [0.1, 0.15) is 17.5 Å². The lowest BCUT2D eigenvalue weighted by atomic mass is 10.0. The van der Waals surface area contributed by atoms with Gasteiger partial charge >= 0.3 is 0 Å². The second-order valence-electron chi connectivity index (χ2n) is 7.74. The number of H-pyrrole nitrogens is 1. The zero-order valence-corrected chi connectivity index (χ0v) is 17.1. The Bertz CT molecular complexity index is 1200. The molecule has 2 heterocycles. The molecule has 1 amide bonds. The topological polar surface area (TPSA) is 56.4 Å². The fourth-order valence-electron chi connectivity index (χ4n) is 4.00. The molecule has 0 aliphatic carbocycles. The highest BCUT2D eigenvalue weighted by Gasteiger charge is 2.23. The Morgan fingerprint density at radius 2 is 1.74 bits per heavy atom. The first-order valence-electron chi connectivity index (χ1n) is 10.1. The van der Waals surface area contributed by atoms with Crippen LogP contribution in [0.5, 0.6) is 0 Å². The van der Waals surface area contributed by atoms with E-state index in [0.29, 0.717) is 49.4 Å². The highest BCUT2D eigenvalue weighted by atomic mass is 19.1. The lowest BCUT2D eigenvalue weighted by Crippen LogP contribution is -2.49. The smallest absolute Gasteiger partial charge is 0.259 e. The Morgan fingerprint density at radius 3 is 2.45 bits per heavy atom. The van der Waals surface area contributed by atoms with E-state index in [-0.39, 0.29) is 17.7 Å². The van der Waals surface area contributed by atoms with Crippen LogP contribution in [0.3, 0.4) is 0 Å². The zero-order chi connectivity index (χ0) is 22.1. The molecule has 1 N–H and O–H groups in total. The number of amides is 1. The van der Waals surface area contributed by atoms with Gasteiger partial charge in [-0.1, -0.05) is 6.07 Å². The maximum Gasteiger partial charge on any atom is 0.259 e. The number of nitrogens with zero attached hydrogens (tertiary/aromatic N) is 2. The lowest BCUT2D eigenvalue weighted by molar-refractivity contribution is -0.131. The second kappa shape index (κ2) is 8.45. The van der Waals surface area contributed by atoms with Crippen molar-refractivity contribution in [1.82, 2.24) is 9.88 Å². The van der Waals surface area contributed by atoms with Crippen molar-refractivity contribution in [3.05, 3.63) is 75.5 Å². The minimum atomic E-state index is -0.625. The molecule has 0 unspecified atom stereocenters. The van der Waals surface area contributed by atoms with Gasteiger partial charge in [0.05, 0.1) is 11.1 Å². The Balaban J connectivity index is 1.39. The SMILES string of the molecule is Cc1ccc(F)c2c(=O)[nH]c(CCC(=O)N3CCN(c4ccc(F)cc4F)CC3)cc12. The van der Waals surface area contributed by atoms with E-state index in [0.717, 1.165) is 11.6 Å². The number of nitrogens with one attached hydrogen (secondary N) is 1. The second-order valence-corrected chi connectivity index (χ2v) is 7.74. The Morgan fingerprint density at radius 1 is 1.00 bits per heavy atom. The molecule has 0 atom stereocenters. The summed E-state index contributed by atoms with van der Waals surface area (Å²) in [5.74, 6) is -1.89. The summed E-state index contributed by atoms with van der Waals surface area (Å²) in [6.45, 7) is 3.54. The van der Waals surface area contributed by atoms with Crippen LogP contribution >= 0.6 is 0 Å². The number of hydrogen-bond acceptors (Lipinski definition) is 3. The summed E-state index contributed by atoms with van der Waals surface area (Å²) < 4.78 is 41.1. The van der Waals surface area contributed by atoms with Crippen molar-refractivity contribution in [3.8, 4) is 0 Å². The van der Waals surface area contributed by atoms with Crippen LogP contribution in [0.4, 0.5) is 18.9 Å². The molecule has 2 aromatic carbocycles. The van der Waals surface area contributed by atoms with E-state index in [2.05, 4.69) is 4.98 Å². The average Bonchev–Trinajstić information content (AvgIpc) is 2.74. The molecule has 0 bridgehead atoms. The third-order valence-corrected chi connectivity index (χ3v) is 5.72. The minimum Gasteiger partial charge on any atom is -0.366 e. The summed E-state index contributed by atoms with van der Waals surface area (Å²) >= 11 is 0. The van der Waals surface area contributed by atoms with E-state index in [4.69, 9.17) is 0 Å². The highest BCUT2D eigenvalue weighted by Crippen LogP contribution is 2.22. The van der Waals surface area contributed by atoms with Gasteiger partial charge in [-0.15, -0.1) is 0 Å². The first-order chi connectivity index (χ1) is 14.8. The predicted octanol–water partition coefficient (Wildman–Crippen LogP) is 3.54. The molecular formula is C23H22F3N3O2. The van der Waals surface area contributed by atoms with Crippen LogP contribution in [0.2, 0.25) is 0 Å². The quantitative estimate of drug-likeness (QED) is 0.690. The fraction of sp³-hybridized carbons (Fsp3) is 0.304. The maximum atomic E-state index is 14.0. The fourth-order valence-corrected chi connectivity index (χ4v) is 4.00. The Hall–Kier alpha value is -3.29. The molecule has 0 spiro atoms. The van der Waals surface area contributed by atoms with Gasteiger partial charge in [-0.2, -0.15) is 0 Å². The molecule has 1 aromatic heterocycles. The number of halogens is 3. The summed E-state index contributed by atoms with van der Waals surface area (Å²) in [5.41, 5.74) is 1.19. The number of carbonyl (C=O) groups is 1.